The third kappa shape index (κ3) is 3.42. The van der Waals surface area contributed by atoms with Gasteiger partial charge >= 0.3 is 0 Å². The highest BCUT2D eigenvalue weighted by molar-refractivity contribution is 9.10. The summed E-state index contributed by atoms with van der Waals surface area (Å²) in [7, 11) is 0. The summed E-state index contributed by atoms with van der Waals surface area (Å²) in [5, 5.41) is 1.11. The molecule has 4 nitrogen and oxygen atoms in total. The Labute approximate surface area is 203 Å². The summed E-state index contributed by atoms with van der Waals surface area (Å²) in [6.07, 6.45) is 0. The van der Waals surface area contributed by atoms with Crippen molar-refractivity contribution in [3.05, 3.63) is 107 Å². The second-order valence-corrected chi connectivity index (χ2v) is 9.69. The number of halogens is 4. The summed E-state index contributed by atoms with van der Waals surface area (Å²) < 4.78 is 7.50. The first-order chi connectivity index (χ1) is 14.8. The van der Waals surface area contributed by atoms with Crippen LogP contribution >= 0.6 is 55.1 Å². The molecule has 0 bridgehead atoms. The minimum absolute atomic E-state index is 0.0240. The van der Waals surface area contributed by atoms with Crippen molar-refractivity contribution in [3.63, 3.8) is 0 Å². The van der Waals surface area contributed by atoms with E-state index in [1.54, 1.807) is 47.4 Å². The zero-order chi connectivity index (χ0) is 21.9. The van der Waals surface area contributed by atoms with E-state index in [0.717, 1.165) is 8.95 Å². The van der Waals surface area contributed by atoms with E-state index >= 15 is 0 Å². The molecule has 3 aromatic carbocycles. The Morgan fingerprint density at radius 3 is 2.39 bits per heavy atom. The number of carbonyl (C=O) groups excluding carboxylic acids is 1. The molecule has 0 aliphatic carbocycles. The average Bonchev–Trinajstić information content (AvgIpc) is 3.03. The molecule has 0 fully saturated rings. The van der Waals surface area contributed by atoms with Crippen molar-refractivity contribution in [3.8, 4) is 0 Å². The highest BCUT2D eigenvalue weighted by Crippen LogP contribution is 2.43. The second-order valence-electron chi connectivity index (χ2n) is 7.05. The molecule has 4 aromatic rings. The minimum atomic E-state index is -0.716. The molecule has 0 saturated heterocycles. The summed E-state index contributed by atoms with van der Waals surface area (Å²) >= 11 is 19.2. The molecule has 8 heteroatoms. The van der Waals surface area contributed by atoms with Crippen molar-refractivity contribution in [1.82, 2.24) is 0 Å². The Hall–Kier alpha value is -2.12. The number of benzene rings is 3. The van der Waals surface area contributed by atoms with Crippen molar-refractivity contribution in [2.24, 2.45) is 0 Å². The quantitative estimate of drug-likeness (QED) is 0.249. The van der Waals surface area contributed by atoms with E-state index in [1.165, 1.54) is 0 Å². The lowest BCUT2D eigenvalue weighted by Crippen LogP contribution is -2.29. The lowest BCUT2D eigenvalue weighted by Gasteiger charge is -2.25. The van der Waals surface area contributed by atoms with Gasteiger partial charge in [-0.05, 0) is 54.1 Å². The van der Waals surface area contributed by atoms with E-state index in [-0.39, 0.29) is 16.8 Å². The molecule has 154 valence electrons. The number of hydrogen-bond acceptors (Lipinski definition) is 3. The van der Waals surface area contributed by atoms with E-state index in [0.29, 0.717) is 32.3 Å². The Morgan fingerprint density at radius 1 is 0.871 bits per heavy atom. The van der Waals surface area contributed by atoms with Crippen LogP contribution in [0.3, 0.4) is 0 Å². The topological polar surface area (TPSA) is 50.5 Å². The Bertz CT molecular complexity index is 1450. The summed E-state index contributed by atoms with van der Waals surface area (Å²) in [5.74, 6) is -0.373. The normalized spacial score (nSPS) is 15.5. The smallest absolute Gasteiger partial charge is 0.295 e. The van der Waals surface area contributed by atoms with E-state index in [2.05, 4.69) is 31.9 Å². The fourth-order valence-corrected chi connectivity index (χ4v) is 4.89. The van der Waals surface area contributed by atoms with Crippen molar-refractivity contribution >= 4 is 77.6 Å². The Balaban J connectivity index is 1.84. The molecule has 5 rings (SSSR count). The van der Waals surface area contributed by atoms with Gasteiger partial charge in [0, 0.05) is 14.6 Å². The highest BCUT2D eigenvalue weighted by Gasteiger charge is 2.43. The molecule has 0 spiro atoms. The van der Waals surface area contributed by atoms with Crippen LogP contribution in [0.1, 0.15) is 27.7 Å². The maximum Gasteiger partial charge on any atom is 0.295 e. The minimum Gasteiger partial charge on any atom is -0.450 e. The average molecular weight is 580 g/mol. The largest absolute Gasteiger partial charge is 0.450 e. The van der Waals surface area contributed by atoms with Crippen LogP contribution in [0.25, 0.3) is 11.0 Å². The molecule has 1 atom stereocenters. The Kier molecular flexibility index (Phi) is 5.21. The van der Waals surface area contributed by atoms with E-state index in [9.17, 15) is 9.59 Å². The molecule has 31 heavy (non-hydrogen) atoms. The van der Waals surface area contributed by atoms with Gasteiger partial charge in [-0.1, -0.05) is 67.2 Å². The first-order valence-corrected chi connectivity index (χ1v) is 11.5. The first-order valence-electron chi connectivity index (χ1n) is 9.15. The number of rotatable bonds is 2. The molecule has 0 N–H and O–H groups in total. The maximum absolute atomic E-state index is 13.6. The van der Waals surface area contributed by atoms with Crippen LogP contribution in [0.15, 0.2) is 78.8 Å². The molecule has 0 radical (unpaired) electrons. The number of anilines is 1. The van der Waals surface area contributed by atoms with E-state index in [1.807, 2.05) is 18.2 Å². The number of fused-ring (bicyclic) bond motifs is 2. The summed E-state index contributed by atoms with van der Waals surface area (Å²) in [6, 6.07) is 16.8. The molecular weight excluding hydrogens is 569 g/mol. The summed E-state index contributed by atoms with van der Waals surface area (Å²) in [5.41, 5.74) is 1.63. The van der Waals surface area contributed by atoms with Gasteiger partial charge in [0.05, 0.1) is 27.0 Å². The lowest BCUT2D eigenvalue weighted by atomic mass is 9.98. The van der Waals surface area contributed by atoms with Gasteiger partial charge < -0.3 is 4.42 Å². The second kappa shape index (κ2) is 7.78. The monoisotopic (exact) mass is 577 g/mol. The fourth-order valence-electron chi connectivity index (χ4n) is 3.84. The predicted octanol–water partition coefficient (Wildman–Crippen LogP) is 7.37. The maximum atomic E-state index is 13.6. The third-order valence-electron chi connectivity index (χ3n) is 5.18. The van der Waals surface area contributed by atoms with Gasteiger partial charge in [-0.2, -0.15) is 0 Å². The molecule has 1 aromatic heterocycles. The van der Waals surface area contributed by atoms with Crippen LogP contribution in [0.4, 0.5) is 5.69 Å². The van der Waals surface area contributed by atoms with Crippen LogP contribution in [0.2, 0.25) is 10.0 Å². The van der Waals surface area contributed by atoms with Crippen LogP contribution in [-0.2, 0) is 0 Å². The lowest BCUT2D eigenvalue weighted by molar-refractivity contribution is 0.0971. The van der Waals surface area contributed by atoms with Crippen LogP contribution in [-0.4, -0.2) is 5.91 Å². The fraction of sp³-hybridized carbons (Fsp3) is 0.0435. The number of hydrogen-bond donors (Lipinski definition) is 0. The Morgan fingerprint density at radius 2 is 1.65 bits per heavy atom. The first kappa shape index (κ1) is 20.8. The van der Waals surface area contributed by atoms with Gasteiger partial charge in [-0.25, -0.2) is 0 Å². The third-order valence-corrected chi connectivity index (χ3v) is 6.90. The van der Waals surface area contributed by atoms with Crippen molar-refractivity contribution in [2.45, 2.75) is 6.04 Å². The SMILES string of the molecule is O=C1c2oc3ccc(Br)cc3c(=O)c2C(c2ccc(Cl)c(Cl)c2)N1c1cccc(Br)c1. The predicted molar refractivity (Wildman–Crippen MR) is 129 cm³/mol. The van der Waals surface area contributed by atoms with Gasteiger partial charge in [0.25, 0.3) is 5.91 Å². The molecule has 2 heterocycles. The zero-order valence-electron chi connectivity index (χ0n) is 15.5. The molecule has 1 unspecified atom stereocenters. The van der Waals surface area contributed by atoms with Gasteiger partial charge in [0.15, 0.2) is 5.43 Å². The molecule has 1 amide bonds. The zero-order valence-corrected chi connectivity index (χ0v) is 20.2. The van der Waals surface area contributed by atoms with Gasteiger partial charge in [0.2, 0.25) is 5.76 Å². The van der Waals surface area contributed by atoms with Crippen molar-refractivity contribution in [2.75, 3.05) is 4.90 Å². The number of carbonyl (C=O) groups is 1. The molecule has 1 aliphatic rings. The van der Waals surface area contributed by atoms with Crippen molar-refractivity contribution < 1.29 is 9.21 Å². The molecular formula is C23H11Br2Cl2NO3. The summed E-state index contributed by atoms with van der Waals surface area (Å²) in [6.45, 7) is 0. The molecule has 0 saturated carbocycles. The standard InChI is InChI=1S/C23H11Br2Cl2NO3/c24-12-2-1-3-14(9-12)28-20(11-4-6-16(26)17(27)8-11)19-21(29)15-10-13(25)5-7-18(15)31-22(19)23(28)30/h1-10,20H. The van der Waals surface area contributed by atoms with Gasteiger partial charge in [-0.3, -0.25) is 14.5 Å². The summed E-state index contributed by atoms with van der Waals surface area (Å²) in [4.78, 5) is 28.6. The van der Waals surface area contributed by atoms with E-state index in [4.69, 9.17) is 27.6 Å². The van der Waals surface area contributed by atoms with Crippen molar-refractivity contribution in [1.29, 1.82) is 0 Å². The highest BCUT2D eigenvalue weighted by atomic mass is 79.9. The van der Waals surface area contributed by atoms with Crippen LogP contribution in [0.5, 0.6) is 0 Å². The van der Waals surface area contributed by atoms with Gasteiger partial charge in [0.1, 0.15) is 5.58 Å². The van der Waals surface area contributed by atoms with Gasteiger partial charge in [-0.15, -0.1) is 0 Å². The molecule has 1 aliphatic heterocycles. The van der Waals surface area contributed by atoms with Crippen LogP contribution in [0, 0.1) is 0 Å². The van der Waals surface area contributed by atoms with E-state index < -0.39 is 11.9 Å². The number of nitrogens with zero attached hydrogens (tertiary/aromatic N) is 1. The number of amides is 1. The van der Waals surface area contributed by atoms with Crippen LogP contribution < -0.4 is 10.3 Å².